The Bertz CT molecular complexity index is 1170. The summed E-state index contributed by atoms with van der Waals surface area (Å²) in [5, 5.41) is 11.4. The van der Waals surface area contributed by atoms with Crippen molar-refractivity contribution in [3.63, 3.8) is 0 Å². The third-order valence-electron chi connectivity index (χ3n) is 4.82. The van der Waals surface area contributed by atoms with Gasteiger partial charge in [-0.2, -0.15) is 0 Å². The Hall–Kier alpha value is -3.15. The molecule has 7 heteroatoms. The van der Waals surface area contributed by atoms with Crippen molar-refractivity contribution in [3.05, 3.63) is 105 Å². The van der Waals surface area contributed by atoms with Crippen molar-refractivity contribution >= 4 is 46.3 Å². The van der Waals surface area contributed by atoms with Crippen LogP contribution in [0.2, 0.25) is 10.0 Å². The van der Waals surface area contributed by atoms with Crippen molar-refractivity contribution < 1.29 is 19.1 Å². The lowest BCUT2D eigenvalue weighted by atomic mass is 9.94. The molecule has 0 radical (unpaired) electrons. The third kappa shape index (κ3) is 3.47. The molecule has 150 valence electrons. The maximum Gasteiger partial charge on any atom is 0.300 e. The summed E-state index contributed by atoms with van der Waals surface area (Å²) in [7, 11) is 0. The number of nitrogens with zero attached hydrogens (tertiary/aromatic N) is 1. The first-order valence-electron chi connectivity index (χ1n) is 8.95. The lowest BCUT2D eigenvalue weighted by Crippen LogP contribution is -2.29. The fourth-order valence-electron chi connectivity index (χ4n) is 3.52. The number of aliphatic hydroxyl groups excluding tert-OH is 1. The number of aliphatic hydroxyl groups is 1. The summed E-state index contributed by atoms with van der Waals surface area (Å²) in [4.78, 5) is 27.1. The summed E-state index contributed by atoms with van der Waals surface area (Å²) in [6.45, 7) is 0. The highest BCUT2D eigenvalue weighted by Gasteiger charge is 2.47. The second kappa shape index (κ2) is 7.94. The minimum absolute atomic E-state index is 0.0604. The van der Waals surface area contributed by atoms with Gasteiger partial charge in [0.25, 0.3) is 11.7 Å². The zero-order valence-corrected chi connectivity index (χ0v) is 16.9. The number of hydrogen-bond donors (Lipinski definition) is 1. The van der Waals surface area contributed by atoms with Crippen LogP contribution in [0.5, 0.6) is 0 Å². The molecule has 0 aliphatic carbocycles. The first-order valence-corrected chi connectivity index (χ1v) is 9.71. The predicted octanol–water partition coefficient (Wildman–Crippen LogP) is 5.76. The number of Topliss-reactive ketones (excluding diaryl/α,β-unsaturated/α-hetero) is 1. The van der Waals surface area contributed by atoms with Gasteiger partial charge in [-0.1, -0.05) is 71.7 Å². The van der Waals surface area contributed by atoms with Gasteiger partial charge in [0.15, 0.2) is 0 Å². The zero-order valence-electron chi connectivity index (χ0n) is 15.4. The number of amides is 1. The summed E-state index contributed by atoms with van der Waals surface area (Å²) < 4.78 is 14.8. The molecule has 1 amide bonds. The van der Waals surface area contributed by atoms with E-state index in [9.17, 15) is 19.1 Å². The van der Waals surface area contributed by atoms with Gasteiger partial charge in [-0.05, 0) is 24.3 Å². The van der Waals surface area contributed by atoms with Crippen LogP contribution in [-0.4, -0.2) is 16.8 Å². The number of benzene rings is 3. The Morgan fingerprint density at radius 2 is 1.50 bits per heavy atom. The topological polar surface area (TPSA) is 57.6 Å². The molecule has 0 bridgehead atoms. The van der Waals surface area contributed by atoms with Gasteiger partial charge < -0.3 is 5.11 Å². The Morgan fingerprint density at radius 3 is 2.13 bits per heavy atom. The van der Waals surface area contributed by atoms with E-state index in [2.05, 4.69) is 0 Å². The van der Waals surface area contributed by atoms with Crippen molar-refractivity contribution in [2.24, 2.45) is 0 Å². The van der Waals surface area contributed by atoms with E-state index in [0.29, 0.717) is 5.56 Å². The number of hydrogen-bond acceptors (Lipinski definition) is 3. The number of carbonyl (C=O) groups excluding carboxylic acids is 2. The van der Waals surface area contributed by atoms with Gasteiger partial charge in [-0.15, -0.1) is 0 Å². The maximum atomic E-state index is 14.8. The molecular formula is C23H14Cl2FNO3. The van der Waals surface area contributed by atoms with Crippen molar-refractivity contribution in [2.75, 3.05) is 4.90 Å². The van der Waals surface area contributed by atoms with Crippen LogP contribution in [0.4, 0.5) is 10.1 Å². The van der Waals surface area contributed by atoms with Crippen LogP contribution >= 0.6 is 23.2 Å². The normalized spacial score (nSPS) is 18.1. The fraction of sp³-hybridized carbons (Fsp3) is 0.0435. The molecule has 0 saturated carbocycles. The second-order valence-electron chi connectivity index (χ2n) is 6.68. The third-order valence-corrected chi connectivity index (χ3v) is 5.25. The lowest BCUT2D eigenvalue weighted by Gasteiger charge is -2.26. The van der Waals surface area contributed by atoms with Crippen molar-refractivity contribution in [1.29, 1.82) is 0 Å². The predicted molar refractivity (Wildman–Crippen MR) is 114 cm³/mol. The largest absolute Gasteiger partial charge is 0.507 e. The highest BCUT2D eigenvalue weighted by Crippen LogP contribution is 2.43. The summed E-state index contributed by atoms with van der Waals surface area (Å²) in [6, 6.07) is 17.3. The molecule has 3 aromatic carbocycles. The molecule has 1 aliphatic heterocycles. The standard InChI is InChI=1S/C23H14Cl2FNO3/c24-14-10-15(25)12-16(11-14)27-20(17-8-4-5-9-18(17)26)19(22(29)23(27)30)21(28)13-6-2-1-3-7-13/h1-12,20,28H/b21-19+. The number of carbonyl (C=O) groups is 2. The van der Waals surface area contributed by atoms with Gasteiger partial charge in [0.05, 0.1) is 11.6 Å². The Kier molecular flexibility index (Phi) is 5.33. The van der Waals surface area contributed by atoms with Crippen LogP contribution < -0.4 is 4.90 Å². The molecule has 4 nitrogen and oxygen atoms in total. The van der Waals surface area contributed by atoms with E-state index in [1.54, 1.807) is 36.4 Å². The summed E-state index contributed by atoms with van der Waals surface area (Å²) in [6.07, 6.45) is 0. The molecule has 0 aromatic heterocycles. The number of anilines is 1. The minimum Gasteiger partial charge on any atom is -0.507 e. The Balaban J connectivity index is 2.00. The number of rotatable bonds is 3. The molecule has 1 fully saturated rings. The second-order valence-corrected chi connectivity index (χ2v) is 7.56. The van der Waals surface area contributed by atoms with E-state index in [4.69, 9.17) is 23.2 Å². The van der Waals surface area contributed by atoms with Crippen molar-refractivity contribution in [1.82, 2.24) is 0 Å². The quantitative estimate of drug-likeness (QED) is 0.319. The molecule has 1 atom stereocenters. The molecule has 30 heavy (non-hydrogen) atoms. The van der Waals surface area contributed by atoms with E-state index in [0.717, 1.165) is 4.90 Å². The molecule has 1 N–H and O–H groups in total. The van der Waals surface area contributed by atoms with Crippen LogP contribution in [0.1, 0.15) is 17.2 Å². The molecule has 0 spiro atoms. The summed E-state index contributed by atoms with van der Waals surface area (Å²) >= 11 is 12.2. The number of halogens is 3. The van der Waals surface area contributed by atoms with Gasteiger partial charge in [-0.25, -0.2) is 4.39 Å². The monoisotopic (exact) mass is 441 g/mol. The van der Waals surface area contributed by atoms with E-state index in [1.807, 2.05) is 0 Å². The average molecular weight is 442 g/mol. The van der Waals surface area contributed by atoms with E-state index >= 15 is 0 Å². The van der Waals surface area contributed by atoms with Gasteiger partial charge in [0.2, 0.25) is 0 Å². The molecule has 1 aliphatic rings. The molecule has 4 rings (SSSR count). The highest BCUT2D eigenvalue weighted by molar-refractivity contribution is 6.52. The van der Waals surface area contributed by atoms with Crippen molar-refractivity contribution in [3.8, 4) is 0 Å². The van der Waals surface area contributed by atoms with Gasteiger partial charge in [0, 0.05) is 26.9 Å². The van der Waals surface area contributed by atoms with Gasteiger partial charge in [-0.3, -0.25) is 14.5 Å². The first kappa shape index (κ1) is 20.1. The van der Waals surface area contributed by atoms with E-state index < -0.39 is 29.3 Å². The number of ketones is 1. The highest BCUT2D eigenvalue weighted by atomic mass is 35.5. The fourth-order valence-corrected chi connectivity index (χ4v) is 4.03. The Morgan fingerprint density at radius 1 is 0.900 bits per heavy atom. The van der Waals surface area contributed by atoms with E-state index in [-0.39, 0.29) is 26.9 Å². The molecule has 1 saturated heterocycles. The van der Waals surface area contributed by atoms with Crippen LogP contribution in [0, 0.1) is 5.82 Å². The first-order chi connectivity index (χ1) is 14.4. The molecule has 3 aromatic rings. The Labute approximate surface area is 181 Å². The smallest absolute Gasteiger partial charge is 0.300 e. The minimum atomic E-state index is -1.19. The van der Waals surface area contributed by atoms with Gasteiger partial charge >= 0.3 is 0 Å². The van der Waals surface area contributed by atoms with Crippen LogP contribution in [-0.2, 0) is 9.59 Å². The average Bonchev–Trinajstić information content (AvgIpc) is 2.98. The van der Waals surface area contributed by atoms with Crippen LogP contribution in [0.15, 0.2) is 78.4 Å². The van der Waals surface area contributed by atoms with E-state index in [1.165, 1.54) is 36.4 Å². The lowest BCUT2D eigenvalue weighted by molar-refractivity contribution is -0.132. The zero-order chi connectivity index (χ0) is 21.4. The van der Waals surface area contributed by atoms with Crippen molar-refractivity contribution in [2.45, 2.75) is 6.04 Å². The SMILES string of the molecule is O=C1C(=O)N(c2cc(Cl)cc(Cl)c2)C(c2ccccc2F)/C1=C(\O)c1ccccc1. The molecular weight excluding hydrogens is 428 g/mol. The summed E-state index contributed by atoms with van der Waals surface area (Å²) in [5.41, 5.74) is 0.397. The molecule has 1 unspecified atom stereocenters. The summed E-state index contributed by atoms with van der Waals surface area (Å²) in [5.74, 6) is -2.86. The maximum absolute atomic E-state index is 14.8. The molecule has 1 heterocycles. The van der Waals surface area contributed by atoms with Crippen LogP contribution in [0.3, 0.4) is 0 Å². The van der Waals surface area contributed by atoms with Crippen LogP contribution in [0.25, 0.3) is 5.76 Å². The van der Waals surface area contributed by atoms with Gasteiger partial charge in [0.1, 0.15) is 11.6 Å².